The monoisotopic (exact) mass is 422 g/mol. The molecule has 31 heavy (non-hydrogen) atoms. The normalized spacial score (nSPS) is 22.5. The summed E-state index contributed by atoms with van der Waals surface area (Å²) in [6.45, 7) is 3.18. The number of hydrogen-bond acceptors (Lipinski definition) is 7. The Morgan fingerprint density at radius 3 is 2.94 bits per heavy atom. The first-order valence-electron chi connectivity index (χ1n) is 11.4. The van der Waals surface area contributed by atoms with E-state index in [4.69, 9.17) is 9.72 Å². The van der Waals surface area contributed by atoms with Crippen LogP contribution in [0.25, 0.3) is 0 Å². The summed E-state index contributed by atoms with van der Waals surface area (Å²) in [5, 5.41) is 3.36. The third-order valence-corrected chi connectivity index (χ3v) is 6.66. The van der Waals surface area contributed by atoms with Gasteiger partial charge in [-0.05, 0) is 50.5 Å². The number of nitrogens with one attached hydrogen (secondary N) is 1. The van der Waals surface area contributed by atoms with Crippen molar-refractivity contribution < 1.29 is 4.74 Å². The first-order chi connectivity index (χ1) is 15.2. The number of piperidine rings is 1. The number of nitrogens with zero attached hydrogens (tertiary/aromatic N) is 5. The summed E-state index contributed by atoms with van der Waals surface area (Å²) >= 11 is 0. The van der Waals surface area contributed by atoms with Crippen LogP contribution in [0.5, 0.6) is 6.01 Å². The Hall–Kier alpha value is -2.90. The van der Waals surface area contributed by atoms with E-state index >= 15 is 0 Å². The van der Waals surface area contributed by atoms with Crippen LogP contribution in [0.3, 0.4) is 0 Å². The van der Waals surface area contributed by atoms with Crippen molar-refractivity contribution in [1.82, 2.24) is 19.5 Å². The fourth-order valence-electron chi connectivity index (χ4n) is 5.18. The van der Waals surface area contributed by atoms with Gasteiger partial charge in [0, 0.05) is 43.9 Å². The fourth-order valence-corrected chi connectivity index (χ4v) is 5.18. The van der Waals surface area contributed by atoms with Crippen LogP contribution in [0, 0.1) is 5.92 Å². The molecule has 1 aliphatic carbocycles. The Morgan fingerprint density at radius 1 is 1.16 bits per heavy atom. The van der Waals surface area contributed by atoms with Gasteiger partial charge in [0.15, 0.2) is 0 Å². The van der Waals surface area contributed by atoms with Crippen molar-refractivity contribution in [2.45, 2.75) is 51.0 Å². The molecule has 8 nitrogen and oxygen atoms in total. The Bertz CT molecular complexity index is 1030. The van der Waals surface area contributed by atoms with Gasteiger partial charge in [0.2, 0.25) is 11.9 Å². The van der Waals surface area contributed by atoms with Crippen LogP contribution in [0.1, 0.15) is 50.1 Å². The van der Waals surface area contributed by atoms with Crippen LogP contribution in [0.15, 0.2) is 34.6 Å². The number of ether oxygens (including phenoxy) is 1. The molecule has 0 saturated carbocycles. The molecule has 0 aromatic carbocycles. The maximum atomic E-state index is 12.3. The second-order valence-corrected chi connectivity index (χ2v) is 8.83. The Morgan fingerprint density at radius 2 is 2.10 bits per heavy atom. The summed E-state index contributed by atoms with van der Waals surface area (Å²) in [6.07, 6.45) is 9.50. The van der Waals surface area contributed by atoms with Crippen molar-refractivity contribution in [3.63, 3.8) is 0 Å². The summed E-state index contributed by atoms with van der Waals surface area (Å²) in [5.41, 5.74) is 2.74. The van der Waals surface area contributed by atoms with Gasteiger partial charge < -0.3 is 19.5 Å². The van der Waals surface area contributed by atoms with Gasteiger partial charge in [0.1, 0.15) is 0 Å². The van der Waals surface area contributed by atoms with Gasteiger partial charge in [-0.3, -0.25) is 4.79 Å². The fraction of sp³-hybridized carbons (Fsp3) is 0.565. The molecule has 2 bridgehead atoms. The smallest absolute Gasteiger partial charge is 0.322 e. The van der Waals surface area contributed by atoms with Gasteiger partial charge in [-0.25, -0.2) is 0 Å². The van der Waals surface area contributed by atoms with Crippen LogP contribution < -0.4 is 20.5 Å². The Kier molecular flexibility index (Phi) is 5.61. The molecule has 2 aromatic rings. The lowest BCUT2D eigenvalue weighted by molar-refractivity contribution is 0.279. The highest BCUT2D eigenvalue weighted by atomic mass is 16.5. The highest BCUT2D eigenvalue weighted by Crippen LogP contribution is 2.36. The van der Waals surface area contributed by atoms with E-state index in [2.05, 4.69) is 32.3 Å². The number of hydrogen-bond donors (Lipinski definition) is 1. The lowest BCUT2D eigenvalue weighted by atomic mass is 9.83. The minimum absolute atomic E-state index is 0.0991. The number of rotatable bonds is 6. The number of aromatic nitrogens is 4. The Labute approximate surface area is 182 Å². The van der Waals surface area contributed by atoms with Crippen LogP contribution in [-0.2, 0) is 6.54 Å². The van der Waals surface area contributed by atoms with E-state index in [9.17, 15) is 4.79 Å². The quantitative estimate of drug-likeness (QED) is 0.717. The maximum absolute atomic E-state index is 12.3. The third-order valence-electron chi connectivity index (χ3n) is 6.66. The average Bonchev–Trinajstić information content (AvgIpc) is 2.80. The predicted octanol–water partition coefficient (Wildman–Crippen LogP) is 2.97. The predicted molar refractivity (Wildman–Crippen MR) is 120 cm³/mol. The largest absolute Gasteiger partial charge is 0.467 e. The highest BCUT2D eigenvalue weighted by Gasteiger charge is 2.35. The molecule has 1 fully saturated rings. The minimum atomic E-state index is 0.0991. The molecule has 1 saturated heterocycles. The molecular weight excluding hydrogens is 392 g/mol. The summed E-state index contributed by atoms with van der Waals surface area (Å²) in [7, 11) is 1.59. The average molecular weight is 423 g/mol. The zero-order valence-electron chi connectivity index (χ0n) is 18.1. The van der Waals surface area contributed by atoms with E-state index < -0.39 is 0 Å². The molecule has 164 valence electrons. The van der Waals surface area contributed by atoms with Crippen molar-refractivity contribution in [1.29, 1.82) is 0 Å². The number of pyridine rings is 1. The number of allylic oxidation sites excluding steroid dienone is 1. The summed E-state index contributed by atoms with van der Waals surface area (Å²) in [6, 6.07) is 5.92. The van der Waals surface area contributed by atoms with Crippen molar-refractivity contribution >= 4 is 11.9 Å². The maximum Gasteiger partial charge on any atom is 0.322 e. The molecule has 5 rings (SSSR count). The van der Waals surface area contributed by atoms with Crippen LogP contribution >= 0.6 is 0 Å². The van der Waals surface area contributed by atoms with E-state index in [1.165, 1.54) is 31.3 Å². The molecule has 1 N–H and O–H groups in total. The molecule has 2 aromatic heterocycles. The molecule has 4 heterocycles. The number of anilines is 2. The van der Waals surface area contributed by atoms with E-state index in [0.717, 1.165) is 44.7 Å². The van der Waals surface area contributed by atoms with Gasteiger partial charge in [0.05, 0.1) is 7.11 Å². The van der Waals surface area contributed by atoms with Crippen molar-refractivity contribution in [2.24, 2.45) is 5.92 Å². The lowest BCUT2D eigenvalue weighted by Gasteiger charge is -2.42. The first kappa shape index (κ1) is 20.0. The second-order valence-electron chi connectivity index (χ2n) is 8.83. The van der Waals surface area contributed by atoms with Crippen molar-refractivity contribution in [3.05, 3.63) is 45.9 Å². The SMILES string of the molecule is COc1nc(NCCC2=CCCCC2)nc(N2C[C@@H]3C[C@H](C2)c2cccc(=O)n2C3)n1. The third kappa shape index (κ3) is 4.29. The molecule has 2 atom stereocenters. The Balaban J connectivity index is 1.32. The van der Waals surface area contributed by atoms with E-state index in [0.29, 0.717) is 29.7 Å². The van der Waals surface area contributed by atoms with Gasteiger partial charge in [-0.1, -0.05) is 17.7 Å². The molecule has 0 unspecified atom stereocenters. The lowest BCUT2D eigenvalue weighted by Crippen LogP contribution is -2.47. The highest BCUT2D eigenvalue weighted by molar-refractivity contribution is 5.40. The number of fused-ring (bicyclic) bond motifs is 4. The summed E-state index contributed by atoms with van der Waals surface area (Å²) in [4.78, 5) is 28.1. The molecule has 0 radical (unpaired) electrons. The molecule has 0 spiro atoms. The van der Waals surface area contributed by atoms with Gasteiger partial charge in [-0.15, -0.1) is 0 Å². The van der Waals surface area contributed by atoms with Crippen LogP contribution in [-0.4, -0.2) is 46.3 Å². The molecule has 2 aliphatic heterocycles. The van der Waals surface area contributed by atoms with Crippen molar-refractivity contribution in [3.8, 4) is 6.01 Å². The number of methoxy groups -OCH3 is 1. The topological polar surface area (TPSA) is 85.2 Å². The van der Waals surface area contributed by atoms with Crippen molar-refractivity contribution in [2.75, 3.05) is 37.0 Å². The zero-order chi connectivity index (χ0) is 21.2. The molecule has 3 aliphatic rings. The van der Waals surface area contributed by atoms with E-state index in [1.807, 2.05) is 10.6 Å². The van der Waals surface area contributed by atoms with Gasteiger partial charge >= 0.3 is 6.01 Å². The van der Waals surface area contributed by atoms with E-state index in [-0.39, 0.29) is 5.56 Å². The molecular formula is C23H30N6O2. The zero-order valence-corrected chi connectivity index (χ0v) is 18.1. The van der Waals surface area contributed by atoms with Gasteiger partial charge in [-0.2, -0.15) is 15.0 Å². The first-order valence-corrected chi connectivity index (χ1v) is 11.4. The second kappa shape index (κ2) is 8.69. The molecule has 0 amide bonds. The van der Waals surface area contributed by atoms with E-state index in [1.54, 1.807) is 13.2 Å². The standard InChI is InChI=1S/C23H30N6O2/c1-31-23-26-21(24-11-10-16-6-3-2-4-7-16)25-22(27-23)28-13-17-12-18(15-28)19-8-5-9-20(30)29(19)14-17/h5-6,8-9,17-18H,2-4,7,10-15H2,1H3,(H,24,25,26,27)/t17-,18+/m0/s1. The van der Waals surface area contributed by atoms with Crippen LogP contribution in [0.2, 0.25) is 0 Å². The summed E-state index contributed by atoms with van der Waals surface area (Å²) < 4.78 is 7.30. The van der Waals surface area contributed by atoms with Gasteiger partial charge in [0.25, 0.3) is 5.56 Å². The molecule has 8 heteroatoms. The van der Waals surface area contributed by atoms with Crippen LogP contribution in [0.4, 0.5) is 11.9 Å². The minimum Gasteiger partial charge on any atom is -0.467 e. The summed E-state index contributed by atoms with van der Waals surface area (Å²) in [5.74, 6) is 1.92.